The highest BCUT2D eigenvalue weighted by atomic mass is 31.1. The fourth-order valence-electron chi connectivity index (χ4n) is 2.61. The van der Waals surface area contributed by atoms with Crippen molar-refractivity contribution >= 4 is 19.4 Å². The van der Waals surface area contributed by atoms with Crippen LogP contribution in [0.25, 0.3) is 0 Å². The zero-order valence-electron chi connectivity index (χ0n) is 16.9. The molecule has 1 atom stereocenters. The molecule has 0 aliphatic carbocycles. The monoisotopic (exact) mass is 390 g/mol. The lowest BCUT2D eigenvalue weighted by Crippen LogP contribution is -2.23. The molecule has 6 heteroatoms. The van der Waals surface area contributed by atoms with Crippen molar-refractivity contribution in [3.05, 3.63) is 41.5 Å². The Morgan fingerprint density at radius 1 is 0.889 bits per heavy atom. The third kappa shape index (κ3) is 5.36. The summed E-state index contributed by atoms with van der Waals surface area (Å²) in [6, 6.07) is 9.18. The molecule has 0 saturated carbocycles. The van der Waals surface area contributed by atoms with E-state index in [0.29, 0.717) is 22.8 Å². The normalized spacial score (nSPS) is 11.5. The van der Waals surface area contributed by atoms with Gasteiger partial charge in [-0.3, -0.25) is 4.79 Å². The molecule has 0 radical (unpaired) electrons. The molecule has 0 spiro atoms. The lowest BCUT2D eigenvalue weighted by molar-refractivity contribution is 0.108. The van der Waals surface area contributed by atoms with E-state index in [1.807, 2.05) is 45.9 Å². The Balaban J connectivity index is 2.32. The Labute approximate surface area is 162 Å². The van der Waals surface area contributed by atoms with Crippen molar-refractivity contribution in [2.24, 2.45) is 0 Å². The zero-order chi connectivity index (χ0) is 20.2. The van der Waals surface area contributed by atoms with E-state index in [1.54, 1.807) is 19.2 Å². The summed E-state index contributed by atoms with van der Waals surface area (Å²) in [7, 11) is 4.55. The summed E-state index contributed by atoms with van der Waals surface area (Å²) in [5, 5.41) is 0.959. The third-order valence-electron chi connectivity index (χ3n) is 3.81. The van der Waals surface area contributed by atoms with Crippen molar-refractivity contribution in [1.29, 1.82) is 0 Å². The van der Waals surface area contributed by atoms with Gasteiger partial charge in [0, 0.05) is 12.1 Å². The van der Waals surface area contributed by atoms with Gasteiger partial charge in [-0.15, -0.1) is 0 Å². The van der Waals surface area contributed by atoms with E-state index in [1.165, 1.54) is 14.2 Å². The minimum atomic E-state index is -0.268. The van der Waals surface area contributed by atoms with Crippen LogP contribution in [0.2, 0.25) is 0 Å². The SMILES string of the molecule is COc1cc(OC)c(C(=O)Pc2ccc(OC(C)(C)C)cc2C)c(OC)c1. The van der Waals surface area contributed by atoms with Crippen molar-refractivity contribution in [1.82, 2.24) is 0 Å². The predicted molar refractivity (Wildman–Crippen MR) is 110 cm³/mol. The second-order valence-electron chi connectivity index (χ2n) is 7.05. The summed E-state index contributed by atoms with van der Waals surface area (Å²) in [6.07, 6.45) is 0. The maximum Gasteiger partial charge on any atom is 0.193 e. The van der Waals surface area contributed by atoms with Gasteiger partial charge in [-0.05, 0) is 59.3 Å². The van der Waals surface area contributed by atoms with Crippen molar-refractivity contribution in [2.45, 2.75) is 33.3 Å². The second-order valence-corrected chi connectivity index (χ2v) is 8.30. The first-order valence-corrected chi connectivity index (χ1v) is 9.59. The molecule has 0 fully saturated rings. The van der Waals surface area contributed by atoms with E-state index >= 15 is 0 Å². The first kappa shape index (κ1) is 21.0. The summed E-state index contributed by atoms with van der Waals surface area (Å²) in [4.78, 5) is 13.0. The van der Waals surface area contributed by atoms with Crippen LogP contribution < -0.4 is 24.3 Å². The molecule has 5 nitrogen and oxygen atoms in total. The van der Waals surface area contributed by atoms with Gasteiger partial charge in [-0.25, -0.2) is 0 Å². The summed E-state index contributed by atoms with van der Waals surface area (Å²) in [5.74, 6) is 2.24. The van der Waals surface area contributed by atoms with Gasteiger partial charge in [0.15, 0.2) is 5.52 Å². The molecule has 146 valence electrons. The molecule has 0 heterocycles. The largest absolute Gasteiger partial charge is 0.496 e. The maximum atomic E-state index is 13.0. The van der Waals surface area contributed by atoms with Crippen LogP contribution in [-0.4, -0.2) is 32.5 Å². The highest BCUT2D eigenvalue weighted by Crippen LogP contribution is 2.38. The van der Waals surface area contributed by atoms with Crippen LogP contribution >= 0.6 is 8.58 Å². The summed E-state index contributed by atoms with van der Waals surface area (Å²) < 4.78 is 21.9. The van der Waals surface area contributed by atoms with E-state index in [9.17, 15) is 4.79 Å². The molecular weight excluding hydrogens is 363 g/mol. The van der Waals surface area contributed by atoms with Gasteiger partial charge in [-0.1, -0.05) is 6.07 Å². The van der Waals surface area contributed by atoms with Gasteiger partial charge < -0.3 is 18.9 Å². The van der Waals surface area contributed by atoms with Gasteiger partial charge in [0.25, 0.3) is 0 Å². The fourth-order valence-corrected chi connectivity index (χ4v) is 3.66. The second kappa shape index (κ2) is 8.62. The molecule has 0 amide bonds. The van der Waals surface area contributed by atoms with Crippen LogP contribution in [0.15, 0.2) is 30.3 Å². The average Bonchev–Trinajstić information content (AvgIpc) is 2.61. The number of hydrogen-bond donors (Lipinski definition) is 0. The molecule has 1 unspecified atom stereocenters. The maximum absolute atomic E-state index is 13.0. The topological polar surface area (TPSA) is 54.0 Å². The lowest BCUT2D eigenvalue weighted by atomic mass is 10.1. The number of carbonyl (C=O) groups excluding carboxylic acids is 1. The minimum absolute atomic E-state index is 0.0565. The molecule has 0 aliphatic rings. The summed E-state index contributed by atoms with van der Waals surface area (Å²) in [6.45, 7) is 7.99. The number of carbonyl (C=O) groups is 1. The number of aryl methyl sites for hydroxylation is 1. The van der Waals surface area contributed by atoms with Gasteiger partial charge in [0.05, 0.1) is 21.3 Å². The first-order chi connectivity index (χ1) is 12.7. The van der Waals surface area contributed by atoms with Gasteiger partial charge in [0.2, 0.25) is 0 Å². The van der Waals surface area contributed by atoms with Crippen LogP contribution in [-0.2, 0) is 0 Å². The Hall–Kier alpha value is -2.26. The average molecular weight is 390 g/mol. The van der Waals surface area contributed by atoms with E-state index in [4.69, 9.17) is 18.9 Å². The molecule has 0 saturated heterocycles. The molecule has 27 heavy (non-hydrogen) atoms. The quantitative estimate of drug-likeness (QED) is 0.658. The van der Waals surface area contributed by atoms with E-state index in [0.717, 1.165) is 16.6 Å². The van der Waals surface area contributed by atoms with E-state index < -0.39 is 0 Å². The molecular formula is C21H27O5P. The van der Waals surface area contributed by atoms with Crippen LogP contribution in [0.1, 0.15) is 36.7 Å². The van der Waals surface area contributed by atoms with Crippen LogP contribution in [0, 0.1) is 6.92 Å². The van der Waals surface area contributed by atoms with Crippen molar-refractivity contribution in [3.8, 4) is 23.0 Å². The first-order valence-electron chi connectivity index (χ1n) is 8.59. The molecule has 2 rings (SSSR count). The minimum Gasteiger partial charge on any atom is -0.496 e. The Kier molecular flexibility index (Phi) is 6.72. The third-order valence-corrected chi connectivity index (χ3v) is 5.12. The van der Waals surface area contributed by atoms with E-state index in [-0.39, 0.29) is 19.7 Å². The molecule has 0 bridgehead atoms. The molecule has 0 aliphatic heterocycles. The van der Waals surface area contributed by atoms with Crippen molar-refractivity contribution < 1.29 is 23.7 Å². The smallest absolute Gasteiger partial charge is 0.193 e. The molecule has 0 N–H and O–H groups in total. The van der Waals surface area contributed by atoms with Crippen LogP contribution in [0.5, 0.6) is 23.0 Å². The van der Waals surface area contributed by atoms with Gasteiger partial charge in [0.1, 0.15) is 34.2 Å². The molecule has 0 aromatic heterocycles. The number of hydrogen-bond acceptors (Lipinski definition) is 5. The molecule has 2 aromatic rings. The predicted octanol–water partition coefficient (Wildman–Crippen LogP) is 4.34. The fraction of sp³-hybridized carbons (Fsp3) is 0.381. The van der Waals surface area contributed by atoms with Gasteiger partial charge >= 0.3 is 0 Å². The lowest BCUT2D eigenvalue weighted by Gasteiger charge is -2.22. The summed E-state index contributed by atoms with van der Waals surface area (Å²) in [5.41, 5.74) is 1.11. The van der Waals surface area contributed by atoms with Gasteiger partial charge in [-0.2, -0.15) is 0 Å². The molecule has 2 aromatic carbocycles. The Morgan fingerprint density at radius 3 is 1.93 bits per heavy atom. The Morgan fingerprint density at radius 2 is 1.48 bits per heavy atom. The number of benzene rings is 2. The summed E-state index contributed by atoms with van der Waals surface area (Å²) >= 11 is 0. The van der Waals surface area contributed by atoms with E-state index in [2.05, 4.69) is 0 Å². The van der Waals surface area contributed by atoms with Crippen molar-refractivity contribution in [2.75, 3.05) is 21.3 Å². The van der Waals surface area contributed by atoms with Crippen molar-refractivity contribution in [3.63, 3.8) is 0 Å². The van der Waals surface area contributed by atoms with Crippen LogP contribution in [0.3, 0.4) is 0 Å². The van der Waals surface area contributed by atoms with Crippen LogP contribution in [0.4, 0.5) is 0 Å². The Bertz CT molecular complexity index is 799. The number of ether oxygens (including phenoxy) is 4. The zero-order valence-corrected chi connectivity index (χ0v) is 17.9. The number of methoxy groups -OCH3 is 3. The highest BCUT2D eigenvalue weighted by Gasteiger charge is 2.21. The standard InChI is InChI=1S/C21H27O5P/c1-13-10-14(26-21(2,3)4)8-9-18(13)27-20(22)19-16(24-6)11-15(23-5)12-17(19)25-7/h8-12,27H,1-7H3. The number of rotatable bonds is 7. The highest BCUT2D eigenvalue weighted by molar-refractivity contribution is 7.66.